The van der Waals surface area contributed by atoms with Gasteiger partial charge in [0, 0.05) is 22.0 Å². The minimum Gasteiger partial charge on any atom is -0.338 e. The summed E-state index contributed by atoms with van der Waals surface area (Å²) in [6.45, 7) is 4.12. The van der Waals surface area contributed by atoms with Crippen molar-refractivity contribution in [3.63, 3.8) is 0 Å². The molecule has 0 aliphatic carbocycles. The van der Waals surface area contributed by atoms with E-state index in [1.54, 1.807) is 12.1 Å². The van der Waals surface area contributed by atoms with Crippen LogP contribution >= 0.6 is 0 Å². The van der Waals surface area contributed by atoms with Crippen LogP contribution in [-0.2, 0) is 0 Å². The van der Waals surface area contributed by atoms with Gasteiger partial charge in [0.05, 0.1) is 0 Å². The number of nitrogens with zero attached hydrogens (tertiary/aromatic N) is 2. The van der Waals surface area contributed by atoms with Crippen molar-refractivity contribution in [3.05, 3.63) is 83.7 Å². The Kier molecular flexibility index (Phi) is 4.09. The Hall–Kier alpha value is -3.27. The summed E-state index contributed by atoms with van der Waals surface area (Å²) in [6.07, 6.45) is 0. The van der Waals surface area contributed by atoms with Crippen LogP contribution < -0.4 is 5.32 Å². The summed E-state index contributed by atoms with van der Waals surface area (Å²) >= 11 is 0. The Morgan fingerprint density at radius 2 is 1.54 bits per heavy atom. The lowest BCUT2D eigenvalue weighted by Crippen LogP contribution is -2.00. The fraction of sp³-hybridized carbons (Fsp3) is 0.0909. The van der Waals surface area contributed by atoms with E-state index < -0.39 is 0 Å². The van der Waals surface area contributed by atoms with E-state index in [1.165, 1.54) is 17.7 Å². The second kappa shape index (κ2) is 6.56. The number of hydrogen-bond acceptors (Lipinski definition) is 3. The van der Waals surface area contributed by atoms with Crippen molar-refractivity contribution in [1.29, 1.82) is 0 Å². The highest BCUT2D eigenvalue weighted by molar-refractivity contribution is 6.00. The van der Waals surface area contributed by atoms with Crippen molar-refractivity contribution in [3.8, 4) is 11.3 Å². The van der Waals surface area contributed by atoms with Crippen molar-refractivity contribution < 1.29 is 4.39 Å². The zero-order valence-corrected chi connectivity index (χ0v) is 14.6. The van der Waals surface area contributed by atoms with Gasteiger partial charge in [0.2, 0.25) is 0 Å². The third kappa shape index (κ3) is 3.02. The fourth-order valence-electron chi connectivity index (χ4n) is 3.02. The number of aromatic nitrogens is 2. The Balaban J connectivity index is 1.84. The number of halogens is 1. The summed E-state index contributed by atoms with van der Waals surface area (Å²) in [6, 6.07) is 20.6. The summed E-state index contributed by atoms with van der Waals surface area (Å²) in [5, 5.41) is 14.2. The van der Waals surface area contributed by atoms with Gasteiger partial charge in [-0.15, -0.1) is 10.2 Å². The smallest absolute Gasteiger partial charge is 0.161 e. The van der Waals surface area contributed by atoms with Gasteiger partial charge in [-0.3, -0.25) is 0 Å². The standard InChI is InChI=1S/C22H18FN3/c1-14-7-8-15(2)20(13-14)24-22-19-6-4-3-5-18(19)21(25-26-22)16-9-11-17(23)12-10-16/h3-13H,1-2H3,(H,24,26). The molecule has 0 saturated carbocycles. The first kappa shape index (κ1) is 16.2. The molecule has 3 nitrogen and oxygen atoms in total. The molecular weight excluding hydrogens is 325 g/mol. The van der Waals surface area contributed by atoms with Gasteiger partial charge in [-0.1, -0.05) is 36.4 Å². The molecule has 0 radical (unpaired) electrons. The van der Waals surface area contributed by atoms with Crippen molar-refractivity contribution in [2.45, 2.75) is 13.8 Å². The molecule has 0 bridgehead atoms. The van der Waals surface area contributed by atoms with Gasteiger partial charge in [0.15, 0.2) is 5.82 Å². The highest BCUT2D eigenvalue weighted by Crippen LogP contribution is 2.31. The largest absolute Gasteiger partial charge is 0.338 e. The zero-order chi connectivity index (χ0) is 18.1. The molecule has 1 aromatic heterocycles. The molecule has 0 aliphatic rings. The normalized spacial score (nSPS) is 10.9. The number of fused-ring (bicyclic) bond motifs is 1. The minimum absolute atomic E-state index is 0.265. The average Bonchev–Trinajstić information content (AvgIpc) is 2.66. The summed E-state index contributed by atoms with van der Waals surface area (Å²) in [4.78, 5) is 0. The van der Waals surface area contributed by atoms with Crippen LogP contribution in [0.5, 0.6) is 0 Å². The van der Waals surface area contributed by atoms with Crippen LogP contribution in [0.2, 0.25) is 0 Å². The van der Waals surface area contributed by atoms with E-state index >= 15 is 0 Å². The third-order valence-electron chi connectivity index (χ3n) is 4.45. The molecule has 3 aromatic carbocycles. The number of hydrogen-bond donors (Lipinski definition) is 1. The molecule has 4 aromatic rings. The molecule has 0 amide bonds. The quantitative estimate of drug-likeness (QED) is 0.511. The molecule has 0 aliphatic heterocycles. The summed E-state index contributed by atoms with van der Waals surface area (Å²) in [5.74, 6) is 0.444. The molecule has 4 rings (SSSR count). The zero-order valence-electron chi connectivity index (χ0n) is 14.6. The first-order chi connectivity index (χ1) is 12.6. The van der Waals surface area contributed by atoms with E-state index in [1.807, 2.05) is 24.3 Å². The molecule has 26 heavy (non-hydrogen) atoms. The second-order valence-corrected chi connectivity index (χ2v) is 6.39. The molecule has 1 heterocycles. The van der Waals surface area contributed by atoms with Crippen molar-refractivity contribution in [2.24, 2.45) is 0 Å². The van der Waals surface area contributed by atoms with Gasteiger partial charge >= 0.3 is 0 Å². The Morgan fingerprint density at radius 1 is 0.808 bits per heavy atom. The molecule has 1 N–H and O–H groups in total. The van der Waals surface area contributed by atoms with Gasteiger partial charge in [0.25, 0.3) is 0 Å². The monoisotopic (exact) mass is 343 g/mol. The summed E-state index contributed by atoms with van der Waals surface area (Å²) < 4.78 is 13.2. The minimum atomic E-state index is -0.265. The number of anilines is 2. The van der Waals surface area contributed by atoms with E-state index in [4.69, 9.17) is 0 Å². The van der Waals surface area contributed by atoms with Gasteiger partial charge in [-0.05, 0) is 55.3 Å². The van der Waals surface area contributed by atoms with Crippen LogP contribution in [0, 0.1) is 19.7 Å². The van der Waals surface area contributed by atoms with Crippen LogP contribution in [-0.4, -0.2) is 10.2 Å². The lowest BCUT2D eigenvalue weighted by atomic mass is 10.0. The van der Waals surface area contributed by atoms with Crippen LogP contribution in [0.4, 0.5) is 15.9 Å². The van der Waals surface area contributed by atoms with E-state index in [2.05, 4.69) is 47.6 Å². The molecule has 0 unspecified atom stereocenters. The van der Waals surface area contributed by atoms with Crippen LogP contribution in [0.3, 0.4) is 0 Å². The molecule has 128 valence electrons. The fourth-order valence-corrected chi connectivity index (χ4v) is 3.02. The Morgan fingerprint density at radius 3 is 2.31 bits per heavy atom. The van der Waals surface area contributed by atoms with Crippen molar-refractivity contribution >= 4 is 22.3 Å². The van der Waals surface area contributed by atoms with Crippen LogP contribution in [0.15, 0.2) is 66.7 Å². The van der Waals surface area contributed by atoms with Crippen LogP contribution in [0.25, 0.3) is 22.0 Å². The summed E-state index contributed by atoms with van der Waals surface area (Å²) in [7, 11) is 0. The number of aryl methyl sites for hydroxylation is 2. The van der Waals surface area contributed by atoms with Crippen molar-refractivity contribution in [2.75, 3.05) is 5.32 Å². The lowest BCUT2D eigenvalue weighted by Gasteiger charge is -2.13. The maximum Gasteiger partial charge on any atom is 0.161 e. The molecule has 0 spiro atoms. The highest BCUT2D eigenvalue weighted by atomic mass is 19.1. The van der Waals surface area contributed by atoms with Gasteiger partial charge < -0.3 is 5.32 Å². The third-order valence-corrected chi connectivity index (χ3v) is 4.45. The summed E-state index contributed by atoms with van der Waals surface area (Å²) in [5.41, 5.74) is 4.92. The van der Waals surface area contributed by atoms with Gasteiger partial charge in [0.1, 0.15) is 11.5 Å². The number of rotatable bonds is 3. The first-order valence-corrected chi connectivity index (χ1v) is 8.47. The predicted molar refractivity (Wildman–Crippen MR) is 104 cm³/mol. The number of benzene rings is 3. The Labute approximate surface area is 151 Å². The van der Waals surface area contributed by atoms with E-state index in [-0.39, 0.29) is 5.82 Å². The molecule has 0 saturated heterocycles. The maximum atomic E-state index is 13.2. The van der Waals surface area contributed by atoms with Gasteiger partial charge in [-0.2, -0.15) is 0 Å². The average molecular weight is 343 g/mol. The first-order valence-electron chi connectivity index (χ1n) is 8.47. The Bertz CT molecular complexity index is 1090. The molecule has 0 atom stereocenters. The SMILES string of the molecule is Cc1ccc(C)c(Nc2nnc(-c3ccc(F)cc3)c3ccccc23)c1. The second-order valence-electron chi connectivity index (χ2n) is 6.39. The molecule has 0 fully saturated rings. The maximum absolute atomic E-state index is 13.2. The highest BCUT2D eigenvalue weighted by Gasteiger charge is 2.12. The lowest BCUT2D eigenvalue weighted by molar-refractivity contribution is 0.628. The topological polar surface area (TPSA) is 37.8 Å². The molecular formula is C22H18FN3. The van der Waals surface area contributed by atoms with E-state index in [9.17, 15) is 4.39 Å². The number of nitrogens with one attached hydrogen (secondary N) is 1. The van der Waals surface area contributed by atoms with E-state index in [0.717, 1.165) is 33.3 Å². The van der Waals surface area contributed by atoms with Crippen LogP contribution in [0.1, 0.15) is 11.1 Å². The van der Waals surface area contributed by atoms with E-state index in [0.29, 0.717) is 5.82 Å². The molecule has 4 heteroatoms. The predicted octanol–water partition coefficient (Wildman–Crippen LogP) is 5.80. The van der Waals surface area contributed by atoms with Gasteiger partial charge in [-0.25, -0.2) is 4.39 Å². The van der Waals surface area contributed by atoms with Crippen molar-refractivity contribution in [1.82, 2.24) is 10.2 Å².